The van der Waals surface area contributed by atoms with Crippen LogP contribution in [0.15, 0.2) is 36.7 Å². The molecule has 0 unspecified atom stereocenters. The molecule has 0 atom stereocenters. The lowest BCUT2D eigenvalue weighted by molar-refractivity contribution is -0.136. The van der Waals surface area contributed by atoms with Crippen LogP contribution in [0.3, 0.4) is 0 Å². The molecule has 0 radical (unpaired) electrons. The Morgan fingerprint density at radius 1 is 1.17 bits per heavy atom. The van der Waals surface area contributed by atoms with E-state index in [0.717, 1.165) is 49.9 Å². The summed E-state index contributed by atoms with van der Waals surface area (Å²) in [6.45, 7) is 2.76. The number of hydrogen-bond donors (Lipinski definition) is 2. The zero-order valence-corrected chi connectivity index (χ0v) is 16.9. The Morgan fingerprint density at radius 2 is 1.90 bits per heavy atom. The number of fused-ring (bicyclic) bond motifs is 2. The molecule has 2 saturated heterocycles. The van der Waals surface area contributed by atoms with Crippen molar-refractivity contribution in [2.45, 2.75) is 63.5 Å². The predicted octanol–water partition coefficient (Wildman–Crippen LogP) is 3.52. The van der Waals surface area contributed by atoms with Crippen molar-refractivity contribution in [1.82, 2.24) is 20.2 Å². The molecular weight excluding hydrogens is 364 g/mol. The first-order valence-electron chi connectivity index (χ1n) is 10.7. The van der Waals surface area contributed by atoms with Gasteiger partial charge in [0.15, 0.2) is 0 Å². The summed E-state index contributed by atoms with van der Waals surface area (Å²) in [6, 6.07) is 7.83. The molecule has 6 nitrogen and oxygen atoms in total. The largest absolute Gasteiger partial charge is 0.350 e. The van der Waals surface area contributed by atoms with Crippen LogP contribution in [-0.2, 0) is 4.79 Å². The summed E-state index contributed by atoms with van der Waals surface area (Å²) in [7, 11) is 0. The van der Waals surface area contributed by atoms with Gasteiger partial charge in [0.05, 0.1) is 5.54 Å². The average molecular weight is 393 g/mol. The summed E-state index contributed by atoms with van der Waals surface area (Å²) in [4.78, 5) is 35.2. The van der Waals surface area contributed by atoms with Crippen LogP contribution >= 0.6 is 0 Å². The van der Waals surface area contributed by atoms with Crippen LogP contribution in [0.4, 0.5) is 0 Å². The van der Waals surface area contributed by atoms with Gasteiger partial charge in [-0.2, -0.15) is 0 Å². The van der Waals surface area contributed by atoms with Crippen LogP contribution in [0.25, 0.3) is 11.4 Å². The summed E-state index contributed by atoms with van der Waals surface area (Å²) in [5.41, 5.74) is 1.62. The number of carbonyl (C=O) groups is 2. The third-order valence-corrected chi connectivity index (χ3v) is 7.21. The fraction of sp³-hybridized carbons (Fsp3) is 0.522. The van der Waals surface area contributed by atoms with Gasteiger partial charge >= 0.3 is 0 Å². The summed E-state index contributed by atoms with van der Waals surface area (Å²) in [5.74, 6) is 1.00. The number of nitrogens with one attached hydrogen (secondary N) is 2. The van der Waals surface area contributed by atoms with E-state index >= 15 is 0 Å². The molecule has 2 amide bonds. The molecule has 6 heteroatoms. The topological polar surface area (TPSA) is 78.1 Å². The molecule has 1 saturated carbocycles. The van der Waals surface area contributed by atoms with E-state index in [9.17, 15) is 9.59 Å². The lowest BCUT2D eigenvalue weighted by Crippen LogP contribution is -2.52. The molecule has 5 rings (SSSR count). The van der Waals surface area contributed by atoms with Crippen LogP contribution in [0.1, 0.15) is 62.2 Å². The summed E-state index contributed by atoms with van der Waals surface area (Å²) >= 11 is 0. The standard InChI is InChI=1S/C23H28N4O2/c1-22(10-11-22)14-19(28)27-18-6-8-23(27,9-7-18)15-26-21(29)17-4-2-16(3-5-17)20-24-12-13-25-20/h2-5,12-13,18H,6-11,14-15H2,1H3,(H,24,25)(H,26,29). The number of aromatic nitrogens is 2. The first kappa shape index (κ1) is 18.4. The lowest BCUT2D eigenvalue weighted by atomic mass is 9.87. The number of nitrogens with zero attached hydrogens (tertiary/aromatic N) is 2. The Bertz CT molecular complexity index is 907. The third kappa shape index (κ3) is 3.34. The fourth-order valence-electron chi connectivity index (χ4n) is 5.15. The molecule has 29 heavy (non-hydrogen) atoms. The van der Waals surface area contributed by atoms with Gasteiger partial charge in [0.1, 0.15) is 5.82 Å². The van der Waals surface area contributed by atoms with Crippen molar-refractivity contribution in [3.05, 3.63) is 42.2 Å². The molecule has 3 fully saturated rings. The molecule has 0 spiro atoms. The van der Waals surface area contributed by atoms with Crippen molar-refractivity contribution in [2.24, 2.45) is 5.41 Å². The highest BCUT2D eigenvalue weighted by atomic mass is 16.2. The zero-order valence-electron chi connectivity index (χ0n) is 16.9. The normalized spacial score (nSPS) is 26.5. The van der Waals surface area contributed by atoms with Crippen LogP contribution in [-0.4, -0.2) is 44.8 Å². The number of H-pyrrole nitrogens is 1. The molecule has 1 aliphatic carbocycles. The summed E-state index contributed by atoms with van der Waals surface area (Å²) < 4.78 is 0. The Kier molecular flexibility index (Phi) is 4.26. The lowest BCUT2D eigenvalue weighted by Gasteiger charge is -2.36. The van der Waals surface area contributed by atoms with E-state index in [0.29, 0.717) is 30.5 Å². The highest BCUT2D eigenvalue weighted by molar-refractivity contribution is 5.94. The van der Waals surface area contributed by atoms with Crippen molar-refractivity contribution in [1.29, 1.82) is 0 Å². The number of carbonyl (C=O) groups excluding carboxylic acids is 2. The molecule has 3 heterocycles. The minimum absolute atomic E-state index is 0.0812. The number of imidazole rings is 1. The van der Waals surface area contributed by atoms with Crippen LogP contribution in [0, 0.1) is 5.41 Å². The van der Waals surface area contributed by atoms with Crippen LogP contribution in [0.5, 0.6) is 0 Å². The number of aromatic amines is 1. The van der Waals surface area contributed by atoms with Gasteiger partial charge in [0, 0.05) is 42.5 Å². The first-order valence-corrected chi connectivity index (χ1v) is 10.7. The van der Waals surface area contributed by atoms with E-state index in [1.807, 2.05) is 24.3 Å². The van der Waals surface area contributed by atoms with E-state index in [1.165, 1.54) is 0 Å². The van der Waals surface area contributed by atoms with Crippen molar-refractivity contribution in [3.8, 4) is 11.4 Å². The van der Waals surface area contributed by atoms with E-state index in [1.54, 1.807) is 12.4 Å². The monoisotopic (exact) mass is 392 g/mol. The van der Waals surface area contributed by atoms with Crippen molar-refractivity contribution < 1.29 is 9.59 Å². The average Bonchev–Trinajstić information content (AvgIpc) is 3.16. The molecule has 3 aliphatic rings. The van der Waals surface area contributed by atoms with E-state index < -0.39 is 0 Å². The fourth-order valence-corrected chi connectivity index (χ4v) is 5.15. The van der Waals surface area contributed by atoms with E-state index in [-0.39, 0.29) is 16.9 Å². The molecular formula is C23H28N4O2. The highest BCUT2D eigenvalue weighted by Crippen LogP contribution is 2.52. The summed E-state index contributed by atoms with van der Waals surface area (Å²) in [5, 5.41) is 3.12. The van der Waals surface area contributed by atoms with Gasteiger partial charge in [-0.25, -0.2) is 4.98 Å². The number of benzene rings is 1. The van der Waals surface area contributed by atoms with Gasteiger partial charge < -0.3 is 15.2 Å². The smallest absolute Gasteiger partial charge is 0.251 e. The number of rotatable bonds is 6. The molecule has 2 N–H and O–H groups in total. The number of hydrogen-bond acceptors (Lipinski definition) is 3. The second-order valence-corrected chi connectivity index (χ2v) is 9.40. The van der Waals surface area contributed by atoms with Crippen molar-refractivity contribution >= 4 is 11.8 Å². The van der Waals surface area contributed by atoms with Gasteiger partial charge in [-0.05, 0) is 56.1 Å². The van der Waals surface area contributed by atoms with Gasteiger partial charge in [-0.1, -0.05) is 19.1 Å². The highest BCUT2D eigenvalue weighted by Gasteiger charge is 2.55. The maximum Gasteiger partial charge on any atom is 0.251 e. The molecule has 2 bridgehead atoms. The van der Waals surface area contributed by atoms with Gasteiger partial charge in [-0.15, -0.1) is 0 Å². The third-order valence-electron chi connectivity index (χ3n) is 7.21. The minimum Gasteiger partial charge on any atom is -0.350 e. The summed E-state index contributed by atoms with van der Waals surface area (Å²) in [6.07, 6.45) is 10.6. The van der Waals surface area contributed by atoms with E-state index in [2.05, 4.69) is 27.1 Å². The van der Waals surface area contributed by atoms with Gasteiger partial charge in [0.25, 0.3) is 5.91 Å². The number of amides is 2. The van der Waals surface area contributed by atoms with Gasteiger partial charge in [-0.3, -0.25) is 9.59 Å². The molecule has 2 aliphatic heterocycles. The van der Waals surface area contributed by atoms with Crippen molar-refractivity contribution in [2.75, 3.05) is 6.54 Å². The van der Waals surface area contributed by atoms with Crippen LogP contribution < -0.4 is 5.32 Å². The second-order valence-electron chi connectivity index (χ2n) is 9.40. The minimum atomic E-state index is -0.184. The molecule has 152 valence electrons. The molecule has 2 aromatic rings. The zero-order chi connectivity index (χ0) is 20.1. The Labute approximate surface area is 171 Å². The molecule has 1 aromatic heterocycles. The van der Waals surface area contributed by atoms with Crippen molar-refractivity contribution in [3.63, 3.8) is 0 Å². The Balaban J connectivity index is 1.25. The SMILES string of the molecule is CC1(CC(=O)N2C3CCC2(CNC(=O)c2ccc(-c4ncc[nH]4)cc2)CC3)CC1. The van der Waals surface area contributed by atoms with E-state index in [4.69, 9.17) is 0 Å². The molecule has 1 aromatic carbocycles. The maximum atomic E-state index is 13.0. The first-order chi connectivity index (χ1) is 14.0. The van der Waals surface area contributed by atoms with Gasteiger partial charge in [0.2, 0.25) is 5.91 Å². The Hall–Kier alpha value is -2.63. The second kappa shape index (κ2) is 6.71. The predicted molar refractivity (Wildman–Crippen MR) is 110 cm³/mol. The quantitative estimate of drug-likeness (QED) is 0.790. The van der Waals surface area contributed by atoms with Crippen LogP contribution in [0.2, 0.25) is 0 Å². The Morgan fingerprint density at radius 3 is 2.52 bits per heavy atom. The maximum absolute atomic E-state index is 13.0.